The summed E-state index contributed by atoms with van der Waals surface area (Å²) in [6.07, 6.45) is 9.18. The van der Waals surface area contributed by atoms with Crippen molar-refractivity contribution in [2.75, 3.05) is 32.8 Å². The number of aryl methyl sites for hydroxylation is 1. The Bertz CT molecular complexity index is 1030. The third-order valence-corrected chi connectivity index (χ3v) is 6.52. The van der Waals surface area contributed by atoms with Crippen molar-refractivity contribution in [1.29, 1.82) is 0 Å². The van der Waals surface area contributed by atoms with Crippen LogP contribution in [0.5, 0.6) is 5.75 Å². The van der Waals surface area contributed by atoms with Gasteiger partial charge in [-0.15, -0.1) is 23.7 Å². The summed E-state index contributed by atoms with van der Waals surface area (Å²) in [5, 5.41) is 9.10. The van der Waals surface area contributed by atoms with E-state index in [1.807, 2.05) is 17.2 Å². The van der Waals surface area contributed by atoms with Gasteiger partial charge in [-0.25, -0.2) is 4.98 Å². The van der Waals surface area contributed by atoms with Gasteiger partial charge in [-0.3, -0.25) is 9.59 Å². The summed E-state index contributed by atoms with van der Waals surface area (Å²) < 4.78 is 5.86. The first-order valence-electron chi connectivity index (χ1n) is 12.0. The molecule has 8 heteroatoms. The van der Waals surface area contributed by atoms with Gasteiger partial charge in [-0.2, -0.15) is 0 Å². The molecule has 182 valence electrons. The van der Waals surface area contributed by atoms with Crippen LogP contribution in [0, 0.1) is 19.3 Å². The molecule has 3 rings (SSSR count). The van der Waals surface area contributed by atoms with Crippen molar-refractivity contribution >= 4 is 23.2 Å². The van der Waals surface area contributed by atoms with E-state index in [1.165, 1.54) is 0 Å². The molecule has 34 heavy (non-hydrogen) atoms. The number of hydrogen-bond acceptors (Lipinski definition) is 6. The van der Waals surface area contributed by atoms with Crippen molar-refractivity contribution in [2.45, 2.75) is 52.5 Å². The molecular formula is C26H34N4O3S. The van der Waals surface area contributed by atoms with Crippen molar-refractivity contribution in [1.82, 2.24) is 20.5 Å². The van der Waals surface area contributed by atoms with Crippen molar-refractivity contribution in [3.05, 3.63) is 44.9 Å². The molecule has 2 heterocycles. The molecule has 2 amide bonds. The van der Waals surface area contributed by atoms with Crippen molar-refractivity contribution in [3.8, 4) is 18.1 Å². The maximum Gasteiger partial charge on any atom is 0.254 e. The molecule has 2 aromatic rings. The molecular weight excluding hydrogens is 448 g/mol. The summed E-state index contributed by atoms with van der Waals surface area (Å²) in [6, 6.07) is 3.49. The zero-order valence-electron chi connectivity index (χ0n) is 20.1. The molecule has 1 aliphatic rings. The number of nitrogens with one attached hydrogen (secondary N) is 2. The molecule has 1 aromatic carbocycles. The number of rotatable bonds is 12. The van der Waals surface area contributed by atoms with E-state index < -0.39 is 0 Å². The molecule has 7 nitrogen and oxygen atoms in total. The number of aromatic nitrogens is 1. The Morgan fingerprint density at radius 3 is 2.88 bits per heavy atom. The maximum absolute atomic E-state index is 13.7. The minimum absolute atomic E-state index is 0.0798. The quantitative estimate of drug-likeness (QED) is 0.357. The van der Waals surface area contributed by atoms with E-state index in [0.29, 0.717) is 49.5 Å². The summed E-state index contributed by atoms with van der Waals surface area (Å²) in [4.78, 5) is 32.9. The number of benzene rings is 1. The number of carbonyl (C=O) groups excluding carboxylic acids is 2. The fraction of sp³-hybridized carbons (Fsp3) is 0.500. The first-order valence-corrected chi connectivity index (χ1v) is 12.8. The second-order valence-corrected chi connectivity index (χ2v) is 9.32. The van der Waals surface area contributed by atoms with Crippen LogP contribution in [-0.4, -0.2) is 54.5 Å². The van der Waals surface area contributed by atoms with Gasteiger partial charge in [0.15, 0.2) is 0 Å². The molecule has 0 unspecified atom stereocenters. The Labute approximate surface area is 206 Å². The molecule has 2 N–H and O–H groups in total. The molecule has 0 spiro atoms. The predicted octanol–water partition coefficient (Wildman–Crippen LogP) is 3.56. The van der Waals surface area contributed by atoms with Crippen LogP contribution in [0.3, 0.4) is 0 Å². The first kappa shape index (κ1) is 25.7. The lowest BCUT2D eigenvalue weighted by atomic mass is 9.95. The zero-order chi connectivity index (χ0) is 24.3. The summed E-state index contributed by atoms with van der Waals surface area (Å²) in [5.41, 5.74) is 2.85. The number of fused-ring (bicyclic) bond motifs is 1. The lowest BCUT2D eigenvalue weighted by Gasteiger charge is -2.26. The fourth-order valence-electron chi connectivity index (χ4n) is 3.92. The van der Waals surface area contributed by atoms with Crippen molar-refractivity contribution in [3.63, 3.8) is 0 Å². The Kier molecular flexibility index (Phi) is 9.92. The zero-order valence-corrected chi connectivity index (χ0v) is 20.9. The van der Waals surface area contributed by atoms with Gasteiger partial charge < -0.3 is 20.3 Å². The van der Waals surface area contributed by atoms with Gasteiger partial charge >= 0.3 is 0 Å². The van der Waals surface area contributed by atoms with E-state index >= 15 is 0 Å². The summed E-state index contributed by atoms with van der Waals surface area (Å²) >= 11 is 1.56. The minimum Gasteiger partial charge on any atom is -0.493 e. The van der Waals surface area contributed by atoms with E-state index in [1.54, 1.807) is 23.5 Å². The van der Waals surface area contributed by atoms with E-state index in [4.69, 9.17) is 11.2 Å². The van der Waals surface area contributed by atoms with Gasteiger partial charge in [-0.1, -0.05) is 6.92 Å². The van der Waals surface area contributed by atoms with Crippen LogP contribution in [0.25, 0.3) is 0 Å². The third-order valence-electron chi connectivity index (χ3n) is 5.57. The lowest BCUT2D eigenvalue weighted by molar-refractivity contribution is 0.0740. The number of ether oxygens (including phenoxy) is 1. The Hall–Kier alpha value is -2.89. The average Bonchev–Trinajstić information content (AvgIpc) is 3.26. The Morgan fingerprint density at radius 2 is 2.15 bits per heavy atom. The average molecular weight is 483 g/mol. The molecule has 0 saturated carbocycles. The normalized spacial score (nSPS) is 12.4. The molecule has 0 radical (unpaired) electrons. The standard InChI is InChI=1S/C26H34N4O3S/c1-4-6-10-27-11-8-12-28-25(31)20-15-22(21-9-7-14-33-23(21)16-20)26(32)30(13-5-2)17-24-29-19(3)18-34-24/h1,15-16,18,27H,5-14,17H2,2-3H3,(H,28,31). The summed E-state index contributed by atoms with van der Waals surface area (Å²) in [7, 11) is 0. The molecule has 0 atom stereocenters. The predicted molar refractivity (Wildman–Crippen MR) is 135 cm³/mol. The minimum atomic E-state index is -0.202. The Morgan fingerprint density at radius 1 is 1.29 bits per heavy atom. The van der Waals surface area contributed by atoms with Crippen LogP contribution >= 0.6 is 11.3 Å². The topological polar surface area (TPSA) is 83.6 Å². The number of carbonyl (C=O) groups is 2. The van der Waals surface area contributed by atoms with E-state index in [2.05, 4.69) is 28.5 Å². The SMILES string of the molecule is C#CCCNCCCNC(=O)c1cc2c(c(C(=O)N(CCC)Cc3nc(C)cs3)c1)CCCO2. The monoisotopic (exact) mass is 482 g/mol. The van der Waals surface area contributed by atoms with Gasteiger partial charge in [-0.05, 0) is 51.3 Å². The van der Waals surface area contributed by atoms with E-state index in [-0.39, 0.29) is 11.8 Å². The summed E-state index contributed by atoms with van der Waals surface area (Å²) in [6.45, 7) is 7.77. The van der Waals surface area contributed by atoms with E-state index in [0.717, 1.165) is 55.0 Å². The number of thiazole rings is 1. The van der Waals surface area contributed by atoms with Crippen LogP contribution in [0.2, 0.25) is 0 Å². The fourth-order valence-corrected chi connectivity index (χ4v) is 4.71. The van der Waals surface area contributed by atoms with Gasteiger partial charge in [0.25, 0.3) is 11.8 Å². The number of nitrogens with zero attached hydrogens (tertiary/aromatic N) is 2. The smallest absolute Gasteiger partial charge is 0.254 e. The number of terminal acetylenes is 1. The lowest BCUT2D eigenvalue weighted by Crippen LogP contribution is -2.33. The third kappa shape index (κ3) is 7.05. The molecule has 0 fully saturated rings. The van der Waals surface area contributed by atoms with Crippen LogP contribution in [0.4, 0.5) is 0 Å². The molecule has 0 saturated heterocycles. The second kappa shape index (κ2) is 13.1. The first-order chi connectivity index (χ1) is 16.5. The van der Waals surface area contributed by atoms with Gasteiger partial charge in [0, 0.05) is 53.8 Å². The van der Waals surface area contributed by atoms with Gasteiger partial charge in [0.2, 0.25) is 0 Å². The maximum atomic E-state index is 13.7. The highest BCUT2D eigenvalue weighted by atomic mass is 32.1. The second-order valence-electron chi connectivity index (χ2n) is 8.38. The van der Waals surface area contributed by atoms with Gasteiger partial charge in [0.1, 0.15) is 10.8 Å². The van der Waals surface area contributed by atoms with Crippen molar-refractivity contribution < 1.29 is 14.3 Å². The highest BCUT2D eigenvalue weighted by molar-refractivity contribution is 7.09. The molecule has 1 aliphatic heterocycles. The van der Waals surface area contributed by atoms with Crippen LogP contribution in [-0.2, 0) is 13.0 Å². The highest BCUT2D eigenvalue weighted by Gasteiger charge is 2.26. The largest absolute Gasteiger partial charge is 0.493 e. The van der Waals surface area contributed by atoms with Crippen LogP contribution < -0.4 is 15.4 Å². The van der Waals surface area contributed by atoms with E-state index in [9.17, 15) is 9.59 Å². The number of amides is 2. The van der Waals surface area contributed by atoms with Gasteiger partial charge in [0.05, 0.1) is 13.2 Å². The molecule has 1 aromatic heterocycles. The molecule has 0 aliphatic carbocycles. The van der Waals surface area contributed by atoms with Crippen LogP contribution in [0.1, 0.15) is 69.6 Å². The number of hydrogen-bond donors (Lipinski definition) is 2. The Balaban J connectivity index is 1.75. The summed E-state index contributed by atoms with van der Waals surface area (Å²) in [5.74, 6) is 2.95. The van der Waals surface area contributed by atoms with Crippen LogP contribution in [0.15, 0.2) is 17.5 Å². The van der Waals surface area contributed by atoms with Crippen molar-refractivity contribution in [2.24, 2.45) is 0 Å². The highest BCUT2D eigenvalue weighted by Crippen LogP contribution is 2.31. The molecule has 0 bridgehead atoms.